The van der Waals surface area contributed by atoms with Crippen LogP contribution in [0.25, 0.3) is 0 Å². The zero-order valence-corrected chi connectivity index (χ0v) is 13.2. The molecule has 1 fully saturated rings. The van der Waals surface area contributed by atoms with Gasteiger partial charge in [0.1, 0.15) is 5.82 Å². The van der Waals surface area contributed by atoms with Crippen LogP contribution in [0.3, 0.4) is 0 Å². The second-order valence-corrected chi connectivity index (χ2v) is 6.69. The molecular formula is C18H28FN. The van der Waals surface area contributed by atoms with E-state index in [0.717, 1.165) is 17.4 Å². The van der Waals surface area contributed by atoms with Crippen LogP contribution in [-0.2, 0) is 0 Å². The van der Waals surface area contributed by atoms with Gasteiger partial charge in [-0.15, -0.1) is 0 Å². The molecule has 0 radical (unpaired) electrons. The predicted octanol–water partition coefficient (Wildman–Crippen LogP) is 4.86. The molecule has 1 aromatic carbocycles. The van der Waals surface area contributed by atoms with Crippen LogP contribution in [0, 0.1) is 30.5 Å². The highest BCUT2D eigenvalue weighted by Crippen LogP contribution is 2.39. The molecule has 0 saturated heterocycles. The van der Waals surface area contributed by atoms with Crippen LogP contribution >= 0.6 is 0 Å². The summed E-state index contributed by atoms with van der Waals surface area (Å²) in [4.78, 5) is 0. The summed E-state index contributed by atoms with van der Waals surface area (Å²) >= 11 is 0. The fourth-order valence-electron chi connectivity index (χ4n) is 3.78. The second kappa shape index (κ2) is 6.71. The van der Waals surface area contributed by atoms with Crippen LogP contribution < -0.4 is 5.32 Å². The van der Waals surface area contributed by atoms with Gasteiger partial charge in [0.25, 0.3) is 0 Å². The molecule has 1 saturated carbocycles. The maximum absolute atomic E-state index is 13.3. The highest BCUT2D eigenvalue weighted by atomic mass is 19.1. The van der Waals surface area contributed by atoms with Gasteiger partial charge in [-0.05, 0) is 80.7 Å². The SMILES string of the molecule is CNC(c1ccc(F)cc1C)C1CCC(C(C)C)CC1. The van der Waals surface area contributed by atoms with E-state index in [2.05, 4.69) is 19.2 Å². The van der Waals surface area contributed by atoms with Gasteiger partial charge in [0.2, 0.25) is 0 Å². The molecule has 0 amide bonds. The van der Waals surface area contributed by atoms with E-state index in [4.69, 9.17) is 0 Å². The Kier molecular flexibility index (Phi) is 5.20. The number of benzene rings is 1. The summed E-state index contributed by atoms with van der Waals surface area (Å²) in [6.07, 6.45) is 5.23. The first-order valence-corrected chi connectivity index (χ1v) is 7.96. The Labute approximate surface area is 123 Å². The fraction of sp³-hybridized carbons (Fsp3) is 0.667. The molecule has 0 bridgehead atoms. The van der Waals surface area contributed by atoms with Gasteiger partial charge in [0.05, 0.1) is 0 Å². The number of hydrogen-bond acceptors (Lipinski definition) is 1. The van der Waals surface area contributed by atoms with E-state index in [0.29, 0.717) is 12.0 Å². The Morgan fingerprint density at radius 1 is 1.10 bits per heavy atom. The molecule has 1 unspecified atom stereocenters. The average Bonchev–Trinajstić information content (AvgIpc) is 2.42. The first-order valence-electron chi connectivity index (χ1n) is 7.96. The van der Waals surface area contributed by atoms with Crippen molar-refractivity contribution < 1.29 is 4.39 Å². The normalized spacial score (nSPS) is 24.9. The summed E-state index contributed by atoms with van der Waals surface area (Å²) in [7, 11) is 2.03. The molecule has 1 N–H and O–H groups in total. The van der Waals surface area contributed by atoms with Crippen molar-refractivity contribution in [3.63, 3.8) is 0 Å². The Bertz CT molecular complexity index is 433. The molecule has 0 aromatic heterocycles. The highest BCUT2D eigenvalue weighted by molar-refractivity contribution is 5.30. The van der Waals surface area contributed by atoms with E-state index in [1.165, 1.54) is 31.2 Å². The number of rotatable bonds is 4. The van der Waals surface area contributed by atoms with Gasteiger partial charge >= 0.3 is 0 Å². The van der Waals surface area contributed by atoms with Gasteiger partial charge in [0, 0.05) is 6.04 Å². The first kappa shape index (κ1) is 15.5. The monoisotopic (exact) mass is 277 g/mol. The molecule has 20 heavy (non-hydrogen) atoms. The molecule has 2 heteroatoms. The zero-order valence-electron chi connectivity index (χ0n) is 13.2. The molecule has 1 aliphatic carbocycles. The van der Waals surface area contributed by atoms with Gasteiger partial charge in [-0.2, -0.15) is 0 Å². The number of halogens is 1. The van der Waals surface area contributed by atoms with Crippen molar-refractivity contribution in [3.8, 4) is 0 Å². The summed E-state index contributed by atoms with van der Waals surface area (Å²) < 4.78 is 13.3. The number of hydrogen-bond donors (Lipinski definition) is 1. The minimum Gasteiger partial charge on any atom is -0.313 e. The molecular weight excluding hydrogens is 249 g/mol. The highest BCUT2D eigenvalue weighted by Gasteiger charge is 2.29. The van der Waals surface area contributed by atoms with Crippen LogP contribution in [0.15, 0.2) is 18.2 Å². The minimum absolute atomic E-state index is 0.135. The van der Waals surface area contributed by atoms with E-state index in [1.807, 2.05) is 20.0 Å². The van der Waals surface area contributed by atoms with Crippen molar-refractivity contribution in [2.45, 2.75) is 52.5 Å². The Balaban J connectivity index is 2.09. The van der Waals surface area contributed by atoms with Gasteiger partial charge in [-0.1, -0.05) is 19.9 Å². The van der Waals surface area contributed by atoms with Crippen molar-refractivity contribution in [3.05, 3.63) is 35.1 Å². The van der Waals surface area contributed by atoms with Crippen LogP contribution in [0.2, 0.25) is 0 Å². The van der Waals surface area contributed by atoms with Crippen molar-refractivity contribution in [1.82, 2.24) is 5.32 Å². The number of aryl methyl sites for hydroxylation is 1. The molecule has 2 rings (SSSR count). The lowest BCUT2D eigenvalue weighted by atomic mass is 9.73. The van der Waals surface area contributed by atoms with Crippen molar-refractivity contribution in [2.75, 3.05) is 7.05 Å². The van der Waals surface area contributed by atoms with Crippen LogP contribution in [0.4, 0.5) is 4.39 Å². The molecule has 112 valence electrons. The van der Waals surface area contributed by atoms with Crippen LogP contribution in [0.1, 0.15) is 56.7 Å². The molecule has 0 aliphatic heterocycles. The van der Waals surface area contributed by atoms with E-state index in [1.54, 1.807) is 12.1 Å². The van der Waals surface area contributed by atoms with Crippen molar-refractivity contribution in [2.24, 2.45) is 17.8 Å². The van der Waals surface area contributed by atoms with Crippen molar-refractivity contribution in [1.29, 1.82) is 0 Å². The molecule has 1 aromatic rings. The average molecular weight is 277 g/mol. The Morgan fingerprint density at radius 3 is 2.20 bits per heavy atom. The maximum Gasteiger partial charge on any atom is 0.123 e. The van der Waals surface area contributed by atoms with Gasteiger partial charge in [0.15, 0.2) is 0 Å². The van der Waals surface area contributed by atoms with Gasteiger partial charge in [-0.3, -0.25) is 0 Å². The third-order valence-electron chi connectivity index (χ3n) is 5.11. The molecule has 0 spiro atoms. The smallest absolute Gasteiger partial charge is 0.123 e. The van der Waals surface area contributed by atoms with Gasteiger partial charge in [-0.25, -0.2) is 4.39 Å². The number of nitrogens with one attached hydrogen (secondary N) is 1. The summed E-state index contributed by atoms with van der Waals surface area (Å²) in [6, 6.07) is 5.57. The summed E-state index contributed by atoms with van der Waals surface area (Å²) in [6.45, 7) is 6.69. The summed E-state index contributed by atoms with van der Waals surface area (Å²) in [5.74, 6) is 2.23. The predicted molar refractivity (Wildman–Crippen MR) is 83.2 cm³/mol. The Hall–Kier alpha value is -0.890. The quantitative estimate of drug-likeness (QED) is 0.829. The summed E-state index contributed by atoms with van der Waals surface area (Å²) in [5.41, 5.74) is 2.33. The zero-order chi connectivity index (χ0) is 14.7. The minimum atomic E-state index is -0.135. The van der Waals surface area contributed by atoms with Crippen LogP contribution in [-0.4, -0.2) is 7.05 Å². The third kappa shape index (κ3) is 3.41. The molecule has 1 nitrogen and oxygen atoms in total. The lowest BCUT2D eigenvalue weighted by Crippen LogP contribution is -2.30. The van der Waals surface area contributed by atoms with E-state index in [-0.39, 0.29) is 5.82 Å². The van der Waals surface area contributed by atoms with E-state index < -0.39 is 0 Å². The molecule has 1 aliphatic rings. The van der Waals surface area contributed by atoms with E-state index in [9.17, 15) is 4.39 Å². The second-order valence-electron chi connectivity index (χ2n) is 6.69. The third-order valence-corrected chi connectivity index (χ3v) is 5.11. The maximum atomic E-state index is 13.3. The van der Waals surface area contributed by atoms with E-state index >= 15 is 0 Å². The topological polar surface area (TPSA) is 12.0 Å². The van der Waals surface area contributed by atoms with Crippen LogP contribution in [0.5, 0.6) is 0 Å². The fourth-order valence-corrected chi connectivity index (χ4v) is 3.78. The molecule has 0 heterocycles. The summed E-state index contributed by atoms with van der Waals surface area (Å²) in [5, 5.41) is 3.47. The first-order chi connectivity index (χ1) is 9.52. The lowest BCUT2D eigenvalue weighted by Gasteiger charge is -2.36. The largest absolute Gasteiger partial charge is 0.313 e. The lowest BCUT2D eigenvalue weighted by molar-refractivity contribution is 0.192. The Morgan fingerprint density at radius 2 is 1.70 bits per heavy atom. The standard InChI is InChI=1S/C18H28FN/c1-12(2)14-5-7-15(8-6-14)18(20-4)17-10-9-16(19)11-13(17)3/h9-12,14-15,18,20H,5-8H2,1-4H3. The van der Waals surface area contributed by atoms with Crippen molar-refractivity contribution >= 4 is 0 Å². The molecule has 1 atom stereocenters. The van der Waals surface area contributed by atoms with Gasteiger partial charge < -0.3 is 5.32 Å².